The summed E-state index contributed by atoms with van der Waals surface area (Å²) >= 11 is 0. The number of hydrogen-bond donors (Lipinski definition) is 2. The summed E-state index contributed by atoms with van der Waals surface area (Å²) in [4.78, 5) is 11.4. The van der Waals surface area contributed by atoms with Crippen molar-refractivity contribution in [2.75, 3.05) is 18.5 Å². The van der Waals surface area contributed by atoms with Crippen molar-refractivity contribution in [2.24, 2.45) is 5.73 Å². The van der Waals surface area contributed by atoms with Crippen LogP contribution in [0.5, 0.6) is 5.75 Å². The van der Waals surface area contributed by atoms with Crippen LogP contribution in [0.2, 0.25) is 0 Å². The Balaban J connectivity index is 1.90. The molecule has 0 bridgehead atoms. The van der Waals surface area contributed by atoms with Gasteiger partial charge in [-0.3, -0.25) is 4.79 Å². The Morgan fingerprint density at radius 1 is 1.50 bits per heavy atom. The molecule has 1 aromatic carbocycles. The largest absolute Gasteiger partial charge is 0.488 e. The molecule has 5 nitrogen and oxygen atoms in total. The van der Waals surface area contributed by atoms with E-state index in [2.05, 4.69) is 5.32 Å². The van der Waals surface area contributed by atoms with Crippen molar-refractivity contribution in [1.82, 2.24) is 0 Å². The SMILES string of the molecule is C[C@@H](N)C(=O)Nc1ccc(OC2CCOC2)cc1. The van der Waals surface area contributed by atoms with Gasteiger partial charge in [0, 0.05) is 12.1 Å². The van der Waals surface area contributed by atoms with E-state index in [9.17, 15) is 4.79 Å². The van der Waals surface area contributed by atoms with E-state index in [-0.39, 0.29) is 12.0 Å². The Hall–Kier alpha value is -1.59. The fourth-order valence-electron chi connectivity index (χ4n) is 1.67. The minimum atomic E-state index is -0.517. The van der Waals surface area contributed by atoms with Crippen LogP contribution < -0.4 is 15.8 Å². The van der Waals surface area contributed by atoms with E-state index in [1.54, 1.807) is 19.1 Å². The van der Waals surface area contributed by atoms with Crippen LogP contribution in [0.4, 0.5) is 5.69 Å². The maximum absolute atomic E-state index is 11.4. The predicted molar refractivity (Wildman–Crippen MR) is 68.6 cm³/mol. The molecule has 1 aliphatic rings. The topological polar surface area (TPSA) is 73.6 Å². The number of nitrogens with two attached hydrogens (primary N) is 1. The lowest BCUT2D eigenvalue weighted by Crippen LogP contribution is -2.32. The molecular weight excluding hydrogens is 232 g/mol. The molecule has 1 unspecified atom stereocenters. The molecule has 1 heterocycles. The quantitative estimate of drug-likeness (QED) is 0.840. The molecule has 2 rings (SSSR count). The standard InChI is InChI=1S/C13H18N2O3/c1-9(14)13(16)15-10-2-4-11(5-3-10)18-12-6-7-17-8-12/h2-5,9,12H,6-8,14H2,1H3,(H,15,16)/t9-,12?/m1/s1. The van der Waals surface area contributed by atoms with E-state index >= 15 is 0 Å². The first-order valence-electron chi connectivity index (χ1n) is 6.06. The Labute approximate surface area is 106 Å². The molecule has 18 heavy (non-hydrogen) atoms. The van der Waals surface area contributed by atoms with Gasteiger partial charge < -0.3 is 20.5 Å². The molecule has 0 aliphatic carbocycles. The van der Waals surface area contributed by atoms with Gasteiger partial charge in [-0.25, -0.2) is 0 Å². The van der Waals surface area contributed by atoms with Gasteiger partial charge in [-0.1, -0.05) is 0 Å². The summed E-state index contributed by atoms with van der Waals surface area (Å²) in [5, 5.41) is 2.72. The summed E-state index contributed by atoms with van der Waals surface area (Å²) in [5.41, 5.74) is 6.19. The van der Waals surface area contributed by atoms with Crippen molar-refractivity contribution in [3.63, 3.8) is 0 Å². The molecule has 3 N–H and O–H groups in total. The second-order valence-corrected chi connectivity index (χ2v) is 4.41. The number of nitrogens with one attached hydrogen (secondary N) is 1. The number of rotatable bonds is 4. The molecule has 0 aromatic heterocycles. The fraction of sp³-hybridized carbons (Fsp3) is 0.462. The average Bonchev–Trinajstić information content (AvgIpc) is 2.84. The molecule has 98 valence electrons. The normalized spacial score (nSPS) is 20.4. The molecule has 1 aliphatic heterocycles. The first kappa shape index (κ1) is 12.9. The van der Waals surface area contributed by atoms with Gasteiger partial charge in [0.1, 0.15) is 11.9 Å². The monoisotopic (exact) mass is 250 g/mol. The van der Waals surface area contributed by atoms with Gasteiger partial charge in [-0.05, 0) is 31.2 Å². The number of hydrogen-bond acceptors (Lipinski definition) is 4. The fourth-order valence-corrected chi connectivity index (χ4v) is 1.67. The van der Waals surface area contributed by atoms with Crippen molar-refractivity contribution in [3.05, 3.63) is 24.3 Å². The van der Waals surface area contributed by atoms with Crippen LogP contribution in [0.15, 0.2) is 24.3 Å². The van der Waals surface area contributed by atoms with Crippen LogP contribution in [0, 0.1) is 0 Å². The average molecular weight is 250 g/mol. The van der Waals surface area contributed by atoms with Gasteiger partial charge in [0.05, 0.1) is 19.3 Å². The highest BCUT2D eigenvalue weighted by molar-refractivity contribution is 5.94. The second kappa shape index (κ2) is 5.84. The second-order valence-electron chi connectivity index (χ2n) is 4.41. The molecule has 0 saturated carbocycles. The zero-order valence-electron chi connectivity index (χ0n) is 10.4. The molecule has 2 atom stereocenters. The van der Waals surface area contributed by atoms with E-state index in [1.165, 1.54) is 0 Å². The highest BCUT2D eigenvalue weighted by Crippen LogP contribution is 2.19. The van der Waals surface area contributed by atoms with Gasteiger partial charge in [-0.2, -0.15) is 0 Å². The number of benzene rings is 1. The van der Waals surface area contributed by atoms with E-state index in [0.717, 1.165) is 18.8 Å². The Bertz CT molecular complexity index is 397. The van der Waals surface area contributed by atoms with E-state index < -0.39 is 6.04 Å². The zero-order chi connectivity index (χ0) is 13.0. The van der Waals surface area contributed by atoms with Gasteiger partial charge in [0.25, 0.3) is 0 Å². The van der Waals surface area contributed by atoms with E-state index in [0.29, 0.717) is 12.3 Å². The summed E-state index contributed by atoms with van der Waals surface area (Å²) in [6.07, 6.45) is 1.05. The lowest BCUT2D eigenvalue weighted by atomic mass is 10.2. The third-order valence-corrected chi connectivity index (χ3v) is 2.73. The number of carbonyl (C=O) groups is 1. The number of amides is 1. The van der Waals surface area contributed by atoms with Crippen molar-refractivity contribution in [2.45, 2.75) is 25.5 Å². The third-order valence-electron chi connectivity index (χ3n) is 2.73. The Kier molecular flexibility index (Phi) is 4.17. The highest BCUT2D eigenvalue weighted by atomic mass is 16.5. The molecule has 0 radical (unpaired) electrons. The number of carbonyl (C=O) groups excluding carboxylic acids is 1. The molecule has 0 spiro atoms. The minimum Gasteiger partial charge on any atom is -0.488 e. The van der Waals surface area contributed by atoms with Crippen LogP contribution in [-0.4, -0.2) is 31.3 Å². The number of anilines is 1. The van der Waals surface area contributed by atoms with Crippen LogP contribution in [0.3, 0.4) is 0 Å². The smallest absolute Gasteiger partial charge is 0.240 e. The third kappa shape index (κ3) is 3.45. The minimum absolute atomic E-state index is 0.134. The molecular formula is C13H18N2O3. The maximum Gasteiger partial charge on any atom is 0.240 e. The first-order chi connectivity index (χ1) is 8.65. The van der Waals surface area contributed by atoms with Gasteiger partial charge in [-0.15, -0.1) is 0 Å². The molecule has 1 saturated heterocycles. The summed E-state index contributed by atoms with van der Waals surface area (Å²) in [6.45, 7) is 3.04. The van der Waals surface area contributed by atoms with Crippen molar-refractivity contribution in [3.8, 4) is 5.75 Å². The van der Waals surface area contributed by atoms with Crippen LogP contribution in [0.25, 0.3) is 0 Å². The molecule has 1 amide bonds. The molecule has 1 aromatic rings. The van der Waals surface area contributed by atoms with Crippen molar-refractivity contribution >= 4 is 11.6 Å². The van der Waals surface area contributed by atoms with Crippen LogP contribution >= 0.6 is 0 Å². The predicted octanol–water partition coefficient (Wildman–Crippen LogP) is 1.14. The summed E-state index contributed by atoms with van der Waals surface area (Å²) in [5.74, 6) is 0.581. The van der Waals surface area contributed by atoms with Gasteiger partial charge >= 0.3 is 0 Å². The lowest BCUT2D eigenvalue weighted by Gasteiger charge is -2.12. The van der Waals surface area contributed by atoms with Gasteiger partial charge in [0.2, 0.25) is 5.91 Å². The first-order valence-corrected chi connectivity index (χ1v) is 6.06. The molecule has 5 heteroatoms. The van der Waals surface area contributed by atoms with Crippen molar-refractivity contribution < 1.29 is 14.3 Å². The molecule has 1 fully saturated rings. The van der Waals surface area contributed by atoms with E-state index in [4.69, 9.17) is 15.2 Å². The highest BCUT2D eigenvalue weighted by Gasteiger charge is 2.17. The lowest BCUT2D eigenvalue weighted by molar-refractivity contribution is -0.117. The van der Waals surface area contributed by atoms with Gasteiger partial charge in [0.15, 0.2) is 0 Å². The Morgan fingerprint density at radius 2 is 2.22 bits per heavy atom. The van der Waals surface area contributed by atoms with E-state index in [1.807, 2.05) is 12.1 Å². The van der Waals surface area contributed by atoms with Crippen molar-refractivity contribution in [1.29, 1.82) is 0 Å². The summed E-state index contributed by atoms with van der Waals surface area (Å²) in [7, 11) is 0. The summed E-state index contributed by atoms with van der Waals surface area (Å²) < 4.78 is 11.0. The van der Waals surface area contributed by atoms with Crippen LogP contribution in [-0.2, 0) is 9.53 Å². The number of ether oxygens (including phenoxy) is 2. The zero-order valence-corrected chi connectivity index (χ0v) is 10.4. The van der Waals surface area contributed by atoms with Crippen LogP contribution in [0.1, 0.15) is 13.3 Å². The Morgan fingerprint density at radius 3 is 2.78 bits per heavy atom. The summed E-state index contributed by atoms with van der Waals surface area (Å²) in [6, 6.07) is 6.73. The maximum atomic E-state index is 11.4.